The molecule has 3 rings (SSSR count). The molecule has 0 fully saturated rings. The minimum atomic E-state index is -1.04. The van der Waals surface area contributed by atoms with Gasteiger partial charge >= 0.3 is 5.97 Å². The number of carboxylic acids is 1. The van der Waals surface area contributed by atoms with Crippen LogP contribution in [0.15, 0.2) is 22.6 Å². The number of carbonyl (C=O) groups is 2. The summed E-state index contributed by atoms with van der Waals surface area (Å²) in [5.41, 5.74) is 3.55. The van der Waals surface area contributed by atoms with Crippen molar-refractivity contribution in [2.24, 2.45) is 5.92 Å². The molecule has 1 unspecified atom stereocenters. The summed E-state index contributed by atoms with van der Waals surface area (Å²) in [6.45, 7) is 5.34. The summed E-state index contributed by atoms with van der Waals surface area (Å²) in [5.74, 6) is -0.0215. The number of hydrogen-bond acceptors (Lipinski definition) is 4. The third kappa shape index (κ3) is 3.91. The van der Waals surface area contributed by atoms with Gasteiger partial charge in [-0.05, 0) is 43.7 Å². The highest BCUT2D eigenvalue weighted by Gasteiger charge is 2.23. The first-order chi connectivity index (χ1) is 13.3. The highest BCUT2D eigenvalue weighted by molar-refractivity contribution is 5.99. The average molecular weight is 385 g/mol. The van der Waals surface area contributed by atoms with Crippen LogP contribution in [0.25, 0.3) is 16.5 Å². The third-order valence-corrected chi connectivity index (χ3v) is 5.28. The number of hydrogen-bond donors (Lipinski definition) is 2. The number of benzene rings is 1. The summed E-state index contributed by atoms with van der Waals surface area (Å²) in [5, 5.41) is 12.9. The Morgan fingerprint density at radius 3 is 2.61 bits per heavy atom. The van der Waals surface area contributed by atoms with E-state index in [-0.39, 0.29) is 5.92 Å². The smallest absolute Gasteiger partial charge is 0.326 e. The molecule has 0 bridgehead atoms. The molecule has 6 nitrogen and oxygen atoms in total. The summed E-state index contributed by atoms with van der Waals surface area (Å²) in [6.07, 6.45) is 5.65. The molecule has 0 spiro atoms. The predicted molar refractivity (Wildman–Crippen MR) is 107 cm³/mol. The van der Waals surface area contributed by atoms with Gasteiger partial charge in [-0.25, -0.2) is 4.79 Å². The minimum absolute atomic E-state index is 0.210. The predicted octanol–water partition coefficient (Wildman–Crippen LogP) is 3.95. The van der Waals surface area contributed by atoms with Crippen LogP contribution in [0.2, 0.25) is 0 Å². The molecule has 2 aromatic rings. The number of carbonyl (C=O) groups excluding carboxylic acids is 1. The van der Waals surface area contributed by atoms with Crippen LogP contribution in [-0.4, -0.2) is 30.1 Å². The Morgan fingerprint density at radius 2 is 1.96 bits per heavy atom. The SMILES string of the molecule is COc1cc2oc3c(c2cc1/C(C)=C/C(=O)NC(C(=O)O)C(C)C)CCCC3. The van der Waals surface area contributed by atoms with E-state index in [2.05, 4.69) is 5.32 Å². The Kier molecular flexibility index (Phi) is 5.77. The maximum atomic E-state index is 12.4. The number of ether oxygens (including phenoxy) is 1. The van der Waals surface area contributed by atoms with Crippen LogP contribution in [0.3, 0.4) is 0 Å². The van der Waals surface area contributed by atoms with Crippen molar-refractivity contribution in [2.45, 2.75) is 52.5 Å². The minimum Gasteiger partial charge on any atom is -0.496 e. The molecule has 1 amide bonds. The van der Waals surface area contributed by atoms with Crippen LogP contribution in [0, 0.1) is 5.92 Å². The van der Waals surface area contributed by atoms with Gasteiger partial charge in [0, 0.05) is 35.1 Å². The molecule has 1 aromatic carbocycles. The highest BCUT2D eigenvalue weighted by atomic mass is 16.5. The molecule has 28 heavy (non-hydrogen) atoms. The number of aryl methyl sites for hydroxylation is 2. The van der Waals surface area contributed by atoms with Crippen LogP contribution in [0.5, 0.6) is 5.75 Å². The van der Waals surface area contributed by atoms with E-state index < -0.39 is 17.9 Å². The van der Waals surface area contributed by atoms with E-state index in [1.165, 1.54) is 11.6 Å². The molecule has 1 aromatic heterocycles. The fourth-order valence-electron chi connectivity index (χ4n) is 3.75. The standard InChI is InChI=1S/C22H27NO5/c1-12(2)21(22(25)26)23-20(24)9-13(3)15-10-16-14-7-5-6-8-17(14)28-19(16)11-18(15)27-4/h9-12,21H,5-8H2,1-4H3,(H,23,24)(H,25,26)/b13-9+. The normalized spacial score (nSPS) is 15.4. The number of rotatable bonds is 6. The van der Waals surface area contributed by atoms with Gasteiger partial charge in [0.1, 0.15) is 23.1 Å². The number of carboxylic acid groups (broad SMARTS) is 1. The van der Waals surface area contributed by atoms with Crippen molar-refractivity contribution in [1.82, 2.24) is 5.32 Å². The maximum Gasteiger partial charge on any atom is 0.326 e. The second-order valence-corrected chi connectivity index (χ2v) is 7.66. The van der Waals surface area contributed by atoms with E-state index in [0.717, 1.165) is 48.0 Å². The third-order valence-electron chi connectivity index (χ3n) is 5.28. The van der Waals surface area contributed by atoms with Crippen molar-refractivity contribution < 1.29 is 23.8 Å². The van der Waals surface area contributed by atoms with Gasteiger partial charge in [0.15, 0.2) is 0 Å². The molecule has 1 aliphatic rings. The number of aliphatic carboxylic acids is 1. The Hall–Kier alpha value is -2.76. The lowest BCUT2D eigenvalue weighted by Gasteiger charge is -2.17. The van der Waals surface area contributed by atoms with Crippen LogP contribution in [0.4, 0.5) is 0 Å². The van der Waals surface area contributed by atoms with Crippen LogP contribution in [0.1, 0.15) is 50.5 Å². The lowest BCUT2D eigenvalue weighted by Crippen LogP contribution is -2.43. The first-order valence-corrected chi connectivity index (χ1v) is 9.66. The van der Waals surface area contributed by atoms with Crippen molar-refractivity contribution in [3.8, 4) is 5.75 Å². The average Bonchev–Trinajstić information content (AvgIpc) is 3.01. The molecule has 2 N–H and O–H groups in total. The van der Waals surface area contributed by atoms with E-state index in [0.29, 0.717) is 11.3 Å². The molecule has 0 saturated carbocycles. The summed E-state index contributed by atoms with van der Waals surface area (Å²) in [6, 6.07) is 2.95. The first kappa shape index (κ1) is 20.0. The molecule has 6 heteroatoms. The van der Waals surface area contributed by atoms with Crippen molar-refractivity contribution in [3.63, 3.8) is 0 Å². The summed E-state index contributed by atoms with van der Waals surface area (Å²) >= 11 is 0. The molecule has 0 radical (unpaired) electrons. The highest BCUT2D eigenvalue weighted by Crippen LogP contribution is 2.37. The van der Waals surface area contributed by atoms with Gasteiger partial charge in [-0.3, -0.25) is 4.79 Å². The lowest BCUT2D eigenvalue weighted by molar-refractivity contribution is -0.142. The van der Waals surface area contributed by atoms with Gasteiger partial charge in [-0.2, -0.15) is 0 Å². The first-order valence-electron chi connectivity index (χ1n) is 9.66. The van der Waals surface area contributed by atoms with Crippen LogP contribution < -0.4 is 10.1 Å². The number of nitrogens with one attached hydrogen (secondary N) is 1. The quantitative estimate of drug-likeness (QED) is 0.735. The van der Waals surface area contributed by atoms with Gasteiger partial charge in [0.2, 0.25) is 5.91 Å². The number of methoxy groups -OCH3 is 1. The van der Waals surface area contributed by atoms with Crippen molar-refractivity contribution in [3.05, 3.63) is 35.1 Å². The summed E-state index contributed by atoms with van der Waals surface area (Å²) in [4.78, 5) is 23.7. The van der Waals surface area contributed by atoms with E-state index in [4.69, 9.17) is 9.15 Å². The lowest BCUT2D eigenvalue weighted by atomic mass is 9.94. The zero-order chi connectivity index (χ0) is 20.4. The van der Waals surface area contributed by atoms with Crippen molar-refractivity contribution in [2.75, 3.05) is 7.11 Å². The Labute approximate surface area is 164 Å². The molecule has 1 atom stereocenters. The molecular formula is C22H27NO5. The van der Waals surface area contributed by atoms with Gasteiger partial charge in [0.25, 0.3) is 0 Å². The van der Waals surface area contributed by atoms with E-state index in [1.807, 2.05) is 19.1 Å². The number of furan rings is 1. The second kappa shape index (κ2) is 8.09. The molecule has 0 saturated heterocycles. The fraction of sp³-hybridized carbons (Fsp3) is 0.455. The molecule has 150 valence electrons. The monoisotopic (exact) mass is 385 g/mol. The number of allylic oxidation sites excluding steroid dienone is 1. The zero-order valence-corrected chi connectivity index (χ0v) is 16.8. The second-order valence-electron chi connectivity index (χ2n) is 7.66. The van der Waals surface area contributed by atoms with Gasteiger partial charge in [0.05, 0.1) is 7.11 Å². The largest absolute Gasteiger partial charge is 0.496 e. The van der Waals surface area contributed by atoms with Gasteiger partial charge < -0.3 is 19.6 Å². The van der Waals surface area contributed by atoms with Gasteiger partial charge in [-0.15, -0.1) is 0 Å². The van der Waals surface area contributed by atoms with E-state index >= 15 is 0 Å². The van der Waals surface area contributed by atoms with Crippen LogP contribution in [-0.2, 0) is 22.4 Å². The summed E-state index contributed by atoms with van der Waals surface area (Å²) < 4.78 is 11.5. The molecular weight excluding hydrogens is 358 g/mol. The summed E-state index contributed by atoms with van der Waals surface area (Å²) in [7, 11) is 1.58. The number of amides is 1. The number of fused-ring (bicyclic) bond motifs is 3. The Balaban J connectivity index is 1.95. The van der Waals surface area contributed by atoms with Crippen molar-refractivity contribution in [1.29, 1.82) is 0 Å². The fourth-order valence-corrected chi connectivity index (χ4v) is 3.75. The Morgan fingerprint density at radius 1 is 1.25 bits per heavy atom. The molecule has 0 aliphatic heterocycles. The van der Waals surface area contributed by atoms with Crippen molar-refractivity contribution >= 4 is 28.4 Å². The van der Waals surface area contributed by atoms with Gasteiger partial charge in [-0.1, -0.05) is 13.8 Å². The molecule has 1 aliphatic carbocycles. The molecule has 1 heterocycles. The Bertz CT molecular complexity index is 938. The maximum absolute atomic E-state index is 12.4. The van der Waals surface area contributed by atoms with E-state index in [1.54, 1.807) is 21.0 Å². The van der Waals surface area contributed by atoms with E-state index in [9.17, 15) is 14.7 Å². The zero-order valence-electron chi connectivity index (χ0n) is 16.8. The van der Waals surface area contributed by atoms with Crippen LogP contribution >= 0.6 is 0 Å². The topological polar surface area (TPSA) is 88.8 Å².